The first kappa shape index (κ1) is 14.0. The largest absolute Gasteiger partial charge is 0.308 e. The topological polar surface area (TPSA) is 42.7 Å². The lowest BCUT2D eigenvalue weighted by atomic mass is 10.2. The number of rotatable bonds is 5. The zero-order valence-electron chi connectivity index (χ0n) is 10.9. The second-order valence-electron chi connectivity index (χ2n) is 4.61. The summed E-state index contributed by atoms with van der Waals surface area (Å²) in [5.41, 5.74) is 0.501. The molecule has 0 saturated heterocycles. The molecule has 0 aliphatic heterocycles. The molecule has 0 aliphatic rings. The van der Waals surface area contributed by atoms with Gasteiger partial charge < -0.3 is 5.32 Å². The van der Waals surface area contributed by atoms with Crippen LogP contribution in [-0.4, -0.2) is 20.8 Å². The fraction of sp³-hybridized carbons (Fsp3) is 0.385. The highest BCUT2D eigenvalue weighted by molar-refractivity contribution is 6.30. The zero-order chi connectivity index (χ0) is 13.8. The van der Waals surface area contributed by atoms with E-state index < -0.39 is 5.82 Å². The van der Waals surface area contributed by atoms with Crippen molar-refractivity contribution in [2.45, 2.75) is 33.0 Å². The Bertz CT molecular complexity index is 553. The van der Waals surface area contributed by atoms with Crippen LogP contribution in [0.1, 0.15) is 25.2 Å². The Kier molecular flexibility index (Phi) is 4.50. The Hall–Kier alpha value is -1.46. The van der Waals surface area contributed by atoms with Crippen LogP contribution >= 0.6 is 11.6 Å². The van der Waals surface area contributed by atoms with Crippen LogP contribution in [0.5, 0.6) is 0 Å². The van der Waals surface area contributed by atoms with Crippen molar-refractivity contribution in [1.29, 1.82) is 0 Å². The lowest BCUT2D eigenvalue weighted by Crippen LogP contribution is -2.22. The van der Waals surface area contributed by atoms with E-state index in [2.05, 4.69) is 29.2 Å². The predicted octanol–water partition coefficient (Wildman–Crippen LogP) is 2.62. The average molecular weight is 283 g/mol. The molecule has 0 amide bonds. The number of halogens is 2. The van der Waals surface area contributed by atoms with E-state index in [-0.39, 0.29) is 5.02 Å². The molecule has 0 saturated carbocycles. The minimum atomic E-state index is -0.401. The summed E-state index contributed by atoms with van der Waals surface area (Å²) in [5, 5.41) is 7.63. The second kappa shape index (κ2) is 6.12. The van der Waals surface area contributed by atoms with Gasteiger partial charge in [0, 0.05) is 11.6 Å². The van der Waals surface area contributed by atoms with E-state index in [0.29, 0.717) is 30.5 Å². The minimum Gasteiger partial charge on any atom is -0.308 e. The molecule has 0 bridgehead atoms. The van der Waals surface area contributed by atoms with Crippen LogP contribution in [0.15, 0.2) is 24.5 Å². The molecule has 4 nitrogen and oxygen atoms in total. The number of hydrogen-bond acceptors (Lipinski definition) is 3. The van der Waals surface area contributed by atoms with Gasteiger partial charge in [-0.3, -0.25) is 0 Å². The molecule has 0 fully saturated rings. The van der Waals surface area contributed by atoms with Gasteiger partial charge in [-0.1, -0.05) is 37.6 Å². The predicted molar refractivity (Wildman–Crippen MR) is 72.5 cm³/mol. The molecule has 0 atom stereocenters. The number of aromatic nitrogens is 3. The van der Waals surface area contributed by atoms with Crippen molar-refractivity contribution in [2.24, 2.45) is 0 Å². The molecule has 6 heteroatoms. The Morgan fingerprint density at radius 3 is 2.95 bits per heavy atom. The van der Waals surface area contributed by atoms with Gasteiger partial charge in [-0.15, -0.1) is 0 Å². The summed E-state index contributed by atoms with van der Waals surface area (Å²) in [6.45, 7) is 5.03. The van der Waals surface area contributed by atoms with Crippen LogP contribution in [0.3, 0.4) is 0 Å². The summed E-state index contributed by atoms with van der Waals surface area (Å²) in [4.78, 5) is 4.17. The fourth-order valence-corrected chi connectivity index (χ4v) is 1.82. The van der Waals surface area contributed by atoms with Crippen molar-refractivity contribution >= 4 is 11.6 Å². The first-order valence-corrected chi connectivity index (χ1v) is 6.48. The van der Waals surface area contributed by atoms with Gasteiger partial charge in [0.25, 0.3) is 0 Å². The molecule has 0 spiro atoms. The second-order valence-corrected chi connectivity index (χ2v) is 5.01. The van der Waals surface area contributed by atoms with Crippen molar-refractivity contribution in [3.63, 3.8) is 0 Å². The summed E-state index contributed by atoms with van der Waals surface area (Å²) in [6, 6.07) is 5.31. The minimum absolute atomic E-state index is 0.124. The fourth-order valence-electron chi connectivity index (χ4n) is 1.63. The molecule has 102 valence electrons. The third-order valence-corrected chi connectivity index (χ3v) is 2.91. The molecule has 2 rings (SSSR count). The maximum atomic E-state index is 13.7. The standard InChI is InChI=1S/C13H16ClFN4/c1-9(2)16-6-12-17-8-19(18-12)7-10-4-3-5-11(14)13(10)15/h3-5,8-9,16H,6-7H2,1-2H3. The van der Waals surface area contributed by atoms with Crippen molar-refractivity contribution < 1.29 is 4.39 Å². The zero-order valence-corrected chi connectivity index (χ0v) is 11.7. The van der Waals surface area contributed by atoms with Crippen molar-refractivity contribution in [1.82, 2.24) is 20.1 Å². The summed E-state index contributed by atoms with van der Waals surface area (Å²) in [5.74, 6) is 0.289. The molecule has 1 heterocycles. The summed E-state index contributed by atoms with van der Waals surface area (Å²) >= 11 is 5.74. The number of nitrogens with one attached hydrogen (secondary N) is 1. The first-order valence-electron chi connectivity index (χ1n) is 6.11. The Labute approximate surface area is 116 Å². The third kappa shape index (κ3) is 3.75. The SMILES string of the molecule is CC(C)NCc1ncn(Cc2cccc(Cl)c2F)n1. The lowest BCUT2D eigenvalue weighted by Gasteiger charge is -2.05. The summed E-state index contributed by atoms with van der Waals surface area (Å²) in [7, 11) is 0. The number of benzene rings is 1. The van der Waals surface area contributed by atoms with Gasteiger partial charge >= 0.3 is 0 Å². The van der Waals surface area contributed by atoms with Crippen LogP contribution in [0.4, 0.5) is 4.39 Å². The number of hydrogen-bond donors (Lipinski definition) is 1. The summed E-state index contributed by atoms with van der Waals surface area (Å²) in [6.07, 6.45) is 1.59. The monoisotopic (exact) mass is 282 g/mol. The maximum absolute atomic E-state index is 13.7. The highest BCUT2D eigenvalue weighted by atomic mass is 35.5. The molecular weight excluding hydrogens is 267 g/mol. The van der Waals surface area contributed by atoms with Crippen LogP contribution in [0, 0.1) is 5.82 Å². The van der Waals surface area contributed by atoms with E-state index in [1.807, 2.05) is 0 Å². The van der Waals surface area contributed by atoms with Gasteiger partial charge in [0.1, 0.15) is 12.1 Å². The average Bonchev–Trinajstić information content (AvgIpc) is 2.80. The van der Waals surface area contributed by atoms with Gasteiger partial charge in [0.05, 0.1) is 18.1 Å². The smallest absolute Gasteiger partial charge is 0.164 e. The number of nitrogens with zero attached hydrogens (tertiary/aromatic N) is 3. The molecule has 2 aromatic rings. The van der Waals surface area contributed by atoms with E-state index in [0.717, 1.165) is 0 Å². The van der Waals surface area contributed by atoms with Crippen molar-refractivity contribution in [3.8, 4) is 0 Å². The first-order chi connectivity index (χ1) is 9.06. The van der Waals surface area contributed by atoms with Crippen molar-refractivity contribution in [2.75, 3.05) is 0 Å². The lowest BCUT2D eigenvalue weighted by molar-refractivity contribution is 0.558. The van der Waals surface area contributed by atoms with Crippen LogP contribution < -0.4 is 5.32 Å². The highest BCUT2D eigenvalue weighted by Gasteiger charge is 2.08. The van der Waals surface area contributed by atoms with E-state index in [1.54, 1.807) is 23.1 Å². The van der Waals surface area contributed by atoms with E-state index in [9.17, 15) is 4.39 Å². The maximum Gasteiger partial charge on any atom is 0.164 e. The molecule has 1 N–H and O–H groups in total. The van der Waals surface area contributed by atoms with E-state index >= 15 is 0 Å². The molecule has 1 aromatic carbocycles. The van der Waals surface area contributed by atoms with Gasteiger partial charge in [-0.25, -0.2) is 14.1 Å². The quantitative estimate of drug-likeness (QED) is 0.917. The van der Waals surface area contributed by atoms with Gasteiger partial charge in [0.15, 0.2) is 5.82 Å². The molecule has 0 unspecified atom stereocenters. The van der Waals surface area contributed by atoms with Gasteiger partial charge in [0.2, 0.25) is 0 Å². The van der Waals surface area contributed by atoms with Crippen molar-refractivity contribution in [3.05, 3.63) is 46.8 Å². The van der Waals surface area contributed by atoms with Crippen LogP contribution in [0.25, 0.3) is 0 Å². The molecule has 1 aromatic heterocycles. The van der Waals surface area contributed by atoms with E-state index in [4.69, 9.17) is 11.6 Å². The normalized spacial score (nSPS) is 11.2. The van der Waals surface area contributed by atoms with Gasteiger partial charge in [-0.05, 0) is 6.07 Å². The highest BCUT2D eigenvalue weighted by Crippen LogP contribution is 2.18. The Balaban J connectivity index is 2.05. The third-order valence-electron chi connectivity index (χ3n) is 2.62. The van der Waals surface area contributed by atoms with E-state index in [1.165, 1.54) is 6.07 Å². The molecule has 0 radical (unpaired) electrons. The Morgan fingerprint density at radius 1 is 1.42 bits per heavy atom. The molecular formula is C13H16ClFN4. The Morgan fingerprint density at radius 2 is 2.21 bits per heavy atom. The summed E-state index contributed by atoms with van der Waals surface area (Å²) < 4.78 is 15.3. The van der Waals surface area contributed by atoms with Crippen LogP contribution in [0.2, 0.25) is 5.02 Å². The van der Waals surface area contributed by atoms with Gasteiger partial charge in [-0.2, -0.15) is 5.10 Å². The molecule has 19 heavy (non-hydrogen) atoms. The van der Waals surface area contributed by atoms with Crippen LogP contribution in [-0.2, 0) is 13.1 Å². The molecule has 0 aliphatic carbocycles.